The van der Waals surface area contributed by atoms with Crippen molar-refractivity contribution >= 4 is 17.3 Å². The Kier molecular flexibility index (Phi) is 1.09. The standard InChI is InChI=1S/C6H6N2S/c1-2-7-3-6-5(1)8-4-9-6/h1-5,7H. The number of aliphatic imine (C=N–C) groups is 1. The van der Waals surface area contributed by atoms with E-state index in [1.54, 1.807) is 11.8 Å². The lowest BCUT2D eigenvalue weighted by Crippen LogP contribution is -2.08. The van der Waals surface area contributed by atoms with Crippen molar-refractivity contribution in [3.8, 4) is 0 Å². The van der Waals surface area contributed by atoms with Gasteiger partial charge in [0.15, 0.2) is 0 Å². The molecule has 0 amide bonds. The lowest BCUT2D eigenvalue weighted by Gasteiger charge is -2.07. The van der Waals surface area contributed by atoms with Crippen molar-refractivity contribution in [2.75, 3.05) is 0 Å². The minimum absolute atomic E-state index is 0.316. The van der Waals surface area contributed by atoms with Gasteiger partial charge in [0.1, 0.15) is 6.04 Å². The van der Waals surface area contributed by atoms with Crippen LogP contribution in [0.3, 0.4) is 0 Å². The van der Waals surface area contributed by atoms with Gasteiger partial charge in [-0.05, 0) is 12.3 Å². The smallest absolute Gasteiger partial charge is 0.103 e. The first-order chi connectivity index (χ1) is 4.47. The van der Waals surface area contributed by atoms with E-state index in [0.29, 0.717) is 6.04 Å². The third kappa shape index (κ3) is 0.772. The molecular formula is C6H6N2S. The van der Waals surface area contributed by atoms with Crippen LogP contribution >= 0.6 is 11.8 Å². The van der Waals surface area contributed by atoms with Crippen LogP contribution in [0.1, 0.15) is 0 Å². The van der Waals surface area contributed by atoms with Gasteiger partial charge < -0.3 is 5.32 Å². The first kappa shape index (κ1) is 5.11. The van der Waals surface area contributed by atoms with E-state index in [0.717, 1.165) is 0 Å². The Morgan fingerprint density at radius 1 is 1.67 bits per heavy atom. The van der Waals surface area contributed by atoms with Gasteiger partial charge in [0, 0.05) is 11.1 Å². The highest BCUT2D eigenvalue weighted by Gasteiger charge is 2.15. The molecule has 9 heavy (non-hydrogen) atoms. The molecule has 0 spiro atoms. The zero-order chi connectivity index (χ0) is 6.10. The fourth-order valence-electron chi connectivity index (χ4n) is 0.841. The normalized spacial score (nSPS) is 29.3. The molecule has 46 valence electrons. The highest BCUT2D eigenvalue weighted by atomic mass is 32.2. The lowest BCUT2D eigenvalue weighted by molar-refractivity contribution is 0.962. The fraction of sp³-hybridized carbons (Fsp3) is 0.167. The second-order valence-corrected chi connectivity index (χ2v) is 2.81. The maximum atomic E-state index is 4.20. The molecule has 2 aliphatic heterocycles. The molecule has 0 aromatic carbocycles. The SMILES string of the molecule is C1=CC2N=CSC2=CN1. The molecule has 0 aromatic heterocycles. The molecular weight excluding hydrogens is 132 g/mol. The zero-order valence-electron chi connectivity index (χ0n) is 4.74. The number of fused-ring (bicyclic) bond motifs is 1. The lowest BCUT2D eigenvalue weighted by atomic mass is 10.2. The third-order valence-corrected chi connectivity index (χ3v) is 2.16. The molecule has 0 fully saturated rings. The van der Waals surface area contributed by atoms with Crippen LogP contribution in [0.4, 0.5) is 0 Å². The summed E-state index contributed by atoms with van der Waals surface area (Å²) in [4.78, 5) is 5.49. The summed E-state index contributed by atoms with van der Waals surface area (Å²) in [6.07, 6.45) is 5.95. The molecule has 2 heterocycles. The Labute approximate surface area is 57.7 Å². The number of hydrogen-bond acceptors (Lipinski definition) is 3. The minimum Gasteiger partial charge on any atom is -0.367 e. The van der Waals surface area contributed by atoms with Crippen molar-refractivity contribution in [2.24, 2.45) is 4.99 Å². The zero-order valence-corrected chi connectivity index (χ0v) is 5.56. The fourth-order valence-corrected chi connectivity index (χ4v) is 1.57. The molecule has 0 bridgehead atoms. The van der Waals surface area contributed by atoms with E-state index >= 15 is 0 Å². The molecule has 0 aliphatic carbocycles. The van der Waals surface area contributed by atoms with E-state index in [1.807, 2.05) is 24.0 Å². The van der Waals surface area contributed by atoms with Crippen LogP contribution < -0.4 is 5.32 Å². The molecule has 2 nitrogen and oxygen atoms in total. The van der Waals surface area contributed by atoms with Crippen molar-refractivity contribution in [3.05, 3.63) is 23.4 Å². The van der Waals surface area contributed by atoms with E-state index < -0.39 is 0 Å². The monoisotopic (exact) mass is 138 g/mol. The molecule has 1 unspecified atom stereocenters. The highest BCUT2D eigenvalue weighted by Crippen LogP contribution is 2.27. The van der Waals surface area contributed by atoms with Crippen LogP contribution in [0, 0.1) is 0 Å². The molecule has 0 saturated heterocycles. The predicted molar refractivity (Wildman–Crippen MR) is 40.2 cm³/mol. The maximum Gasteiger partial charge on any atom is 0.103 e. The van der Waals surface area contributed by atoms with Crippen LogP contribution in [0.25, 0.3) is 0 Å². The van der Waals surface area contributed by atoms with E-state index in [2.05, 4.69) is 10.3 Å². The van der Waals surface area contributed by atoms with Gasteiger partial charge in [-0.25, -0.2) is 0 Å². The summed E-state index contributed by atoms with van der Waals surface area (Å²) >= 11 is 1.68. The Bertz CT molecular complexity index is 205. The van der Waals surface area contributed by atoms with Gasteiger partial charge >= 0.3 is 0 Å². The molecule has 0 radical (unpaired) electrons. The van der Waals surface area contributed by atoms with Gasteiger partial charge in [-0.1, -0.05) is 11.8 Å². The summed E-state index contributed by atoms with van der Waals surface area (Å²) in [5.74, 6) is 0. The average molecular weight is 138 g/mol. The van der Waals surface area contributed by atoms with Crippen LogP contribution in [-0.2, 0) is 0 Å². The van der Waals surface area contributed by atoms with Crippen LogP contribution in [0.2, 0.25) is 0 Å². The summed E-state index contributed by atoms with van der Waals surface area (Å²) in [5.41, 5.74) is 1.88. The summed E-state index contributed by atoms with van der Waals surface area (Å²) in [6, 6.07) is 0.316. The van der Waals surface area contributed by atoms with E-state index in [9.17, 15) is 0 Å². The van der Waals surface area contributed by atoms with Crippen molar-refractivity contribution in [1.29, 1.82) is 0 Å². The quantitative estimate of drug-likeness (QED) is 0.542. The summed E-state index contributed by atoms with van der Waals surface area (Å²) < 4.78 is 0. The largest absolute Gasteiger partial charge is 0.367 e. The van der Waals surface area contributed by atoms with Crippen LogP contribution in [0.15, 0.2) is 28.4 Å². The number of dihydropyridines is 1. The van der Waals surface area contributed by atoms with Gasteiger partial charge in [-0.3, -0.25) is 4.99 Å². The Morgan fingerprint density at radius 3 is 3.56 bits per heavy atom. The first-order valence-corrected chi connectivity index (χ1v) is 3.66. The molecule has 2 rings (SSSR count). The van der Waals surface area contributed by atoms with E-state index in [1.165, 1.54) is 4.91 Å². The number of thioether (sulfide) groups is 1. The molecule has 2 aliphatic rings. The topological polar surface area (TPSA) is 24.4 Å². The number of rotatable bonds is 0. The van der Waals surface area contributed by atoms with Crippen LogP contribution in [0.5, 0.6) is 0 Å². The highest BCUT2D eigenvalue weighted by molar-refractivity contribution is 8.15. The third-order valence-electron chi connectivity index (χ3n) is 1.30. The summed E-state index contributed by atoms with van der Waals surface area (Å²) in [5, 5.41) is 3.01. The Morgan fingerprint density at radius 2 is 2.67 bits per heavy atom. The minimum atomic E-state index is 0.316. The van der Waals surface area contributed by atoms with Gasteiger partial charge in [0.25, 0.3) is 0 Å². The van der Waals surface area contributed by atoms with Crippen molar-refractivity contribution < 1.29 is 0 Å². The number of nitrogens with zero attached hydrogens (tertiary/aromatic N) is 1. The first-order valence-electron chi connectivity index (χ1n) is 2.78. The van der Waals surface area contributed by atoms with Gasteiger partial charge in [0.2, 0.25) is 0 Å². The Hall–Kier alpha value is -0.700. The van der Waals surface area contributed by atoms with Gasteiger partial charge in [-0.15, -0.1) is 0 Å². The van der Waals surface area contributed by atoms with Crippen molar-refractivity contribution in [1.82, 2.24) is 5.32 Å². The summed E-state index contributed by atoms with van der Waals surface area (Å²) in [7, 11) is 0. The van der Waals surface area contributed by atoms with E-state index in [4.69, 9.17) is 0 Å². The second kappa shape index (κ2) is 1.92. The Balaban J connectivity index is 2.29. The van der Waals surface area contributed by atoms with Crippen LogP contribution in [-0.4, -0.2) is 11.6 Å². The molecule has 1 N–H and O–H groups in total. The van der Waals surface area contributed by atoms with Crippen molar-refractivity contribution in [2.45, 2.75) is 6.04 Å². The van der Waals surface area contributed by atoms with E-state index in [-0.39, 0.29) is 0 Å². The molecule has 0 aromatic rings. The van der Waals surface area contributed by atoms with Gasteiger partial charge in [-0.2, -0.15) is 0 Å². The average Bonchev–Trinajstić information content (AvgIpc) is 2.33. The van der Waals surface area contributed by atoms with Gasteiger partial charge in [0.05, 0.1) is 5.55 Å². The second-order valence-electron chi connectivity index (χ2n) is 1.89. The molecule has 0 saturated carbocycles. The summed E-state index contributed by atoms with van der Waals surface area (Å²) in [6.45, 7) is 0. The number of nitrogens with one attached hydrogen (secondary N) is 1. The maximum absolute atomic E-state index is 4.20. The number of hydrogen-bond donors (Lipinski definition) is 1. The predicted octanol–water partition coefficient (Wildman–Crippen LogP) is 1.09. The molecule has 1 atom stereocenters. The molecule has 3 heteroatoms. The van der Waals surface area contributed by atoms with Crippen molar-refractivity contribution in [3.63, 3.8) is 0 Å².